The molecule has 158 valence electrons. The van der Waals surface area contributed by atoms with E-state index in [9.17, 15) is 19.7 Å². The minimum absolute atomic E-state index is 0.118. The summed E-state index contributed by atoms with van der Waals surface area (Å²) in [4.78, 5) is 39.4. The van der Waals surface area contributed by atoms with Crippen LogP contribution in [0.5, 0.6) is 0 Å². The number of imidazole rings is 1. The molecule has 0 saturated heterocycles. The standard InChI is InChI=1S/C22H21N5O4/c28-21(13-23-22(29)16-6-4-8-18(12-16)27(30)31)24-17-7-3-5-15(11-17)19-14-26-10-2-1-9-20(26)25-19/h3-8,11-12,14H,1-2,9-10,13H2,(H,23,29)(H,24,28). The van der Waals surface area contributed by atoms with Gasteiger partial charge in [0.15, 0.2) is 0 Å². The highest BCUT2D eigenvalue weighted by atomic mass is 16.6. The number of aromatic nitrogens is 2. The van der Waals surface area contributed by atoms with Crippen LogP contribution in [-0.4, -0.2) is 32.8 Å². The number of amides is 2. The van der Waals surface area contributed by atoms with Gasteiger partial charge in [0, 0.05) is 48.1 Å². The predicted molar refractivity (Wildman–Crippen MR) is 115 cm³/mol. The molecule has 3 aromatic rings. The van der Waals surface area contributed by atoms with E-state index in [2.05, 4.69) is 15.2 Å². The monoisotopic (exact) mass is 419 g/mol. The van der Waals surface area contributed by atoms with Crippen LogP contribution in [-0.2, 0) is 17.8 Å². The van der Waals surface area contributed by atoms with Gasteiger partial charge in [0.2, 0.25) is 5.91 Å². The number of nitro benzene ring substituents is 1. The van der Waals surface area contributed by atoms with Crippen molar-refractivity contribution in [2.24, 2.45) is 0 Å². The van der Waals surface area contributed by atoms with Gasteiger partial charge in [0.1, 0.15) is 5.82 Å². The van der Waals surface area contributed by atoms with Crippen molar-refractivity contribution in [1.82, 2.24) is 14.9 Å². The molecular weight excluding hydrogens is 398 g/mol. The third-order valence-electron chi connectivity index (χ3n) is 5.08. The molecule has 0 bridgehead atoms. The molecular formula is C22H21N5O4. The number of hydrogen-bond acceptors (Lipinski definition) is 5. The SMILES string of the molecule is O=C(CNC(=O)c1cccc([N+](=O)[O-])c1)Nc1cccc(-c2cn3c(n2)CCCC3)c1. The molecule has 2 amide bonds. The molecule has 9 nitrogen and oxygen atoms in total. The molecule has 0 radical (unpaired) electrons. The topological polar surface area (TPSA) is 119 Å². The molecule has 0 fully saturated rings. The summed E-state index contributed by atoms with van der Waals surface area (Å²) in [6.07, 6.45) is 5.31. The second-order valence-corrected chi connectivity index (χ2v) is 7.31. The zero-order valence-electron chi connectivity index (χ0n) is 16.7. The van der Waals surface area contributed by atoms with E-state index in [1.54, 1.807) is 6.07 Å². The van der Waals surface area contributed by atoms with Crippen molar-refractivity contribution in [3.63, 3.8) is 0 Å². The van der Waals surface area contributed by atoms with Crippen molar-refractivity contribution in [1.29, 1.82) is 0 Å². The number of rotatable bonds is 6. The molecule has 0 saturated carbocycles. The summed E-state index contributed by atoms with van der Waals surface area (Å²) in [7, 11) is 0. The van der Waals surface area contributed by atoms with Crippen LogP contribution in [0.4, 0.5) is 11.4 Å². The lowest BCUT2D eigenvalue weighted by molar-refractivity contribution is -0.384. The zero-order chi connectivity index (χ0) is 21.8. The zero-order valence-corrected chi connectivity index (χ0v) is 16.7. The third kappa shape index (κ3) is 4.77. The number of anilines is 1. The van der Waals surface area contributed by atoms with Crippen LogP contribution in [0.3, 0.4) is 0 Å². The van der Waals surface area contributed by atoms with Crippen LogP contribution in [0.2, 0.25) is 0 Å². The van der Waals surface area contributed by atoms with Gasteiger partial charge in [-0.05, 0) is 31.0 Å². The van der Waals surface area contributed by atoms with Gasteiger partial charge in [-0.15, -0.1) is 0 Å². The van der Waals surface area contributed by atoms with Crippen LogP contribution < -0.4 is 10.6 Å². The van der Waals surface area contributed by atoms with E-state index in [-0.39, 0.29) is 17.8 Å². The average Bonchev–Trinajstić information content (AvgIpc) is 3.22. The van der Waals surface area contributed by atoms with E-state index in [1.807, 2.05) is 24.4 Å². The second-order valence-electron chi connectivity index (χ2n) is 7.31. The fourth-order valence-corrected chi connectivity index (χ4v) is 3.54. The van der Waals surface area contributed by atoms with Crippen LogP contribution in [0.15, 0.2) is 54.7 Å². The molecule has 0 atom stereocenters. The number of fused-ring (bicyclic) bond motifs is 1. The summed E-state index contributed by atoms with van der Waals surface area (Å²) >= 11 is 0. The number of carbonyl (C=O) groups is 2. The third-order valence-corrected chi connectivity index (χ3v) is 5.08. The van der Waals surface area contributed by atoms with E-state index in [4.69, 9.17) is 4.98 Å². The minimum atomic E-state index is -0.576. The smallest absolute Gasteiger partial charge is 0.270 e. The highest BCUT2D eigenvalue weighted by molar-refractivity contribution is 5.99. The number of benzene rings is 2. The van der Waals surface area contributed by atoms with E-state index < -0.39 is 16.7 Å². The summed E-state index contributed by atoms with van der Waals surface area (Å²) in [6, 6.07) is 12.7. The lowest BCUT2D eigenvalue weighted by Crippen LogP contribution is -2.32. The average molecular weight is 419 g/mol. The van der Waals surface area contributed by atoms with Crippen LogP contribution in [0.1, 0.15) is 29.0 Å². The second kappa shape index (κ2) is 8.78. The maximum absolute atomic E-state index is 12.3. The van der Waals surface area contributed by atoms with Crippen molar-refractivity contribution in [2.75, 3.05) is 11.9 Å². The molecule has 1 aromatic heterocycles. The number of non-ortho nitro benzene ring substituents is 1. The first-order chi connectivity index (χ1) is 15.0. The molecule has 1 aliphatic rings. The molecule has 9 heteroatoms. The van der Waals surface area contributed by atoms with Crippen LogP contribution >= 0.6 is 0 Å². The summed E-state index contributed by atoms with van der Waals surface area (Å²) in [5, 5.41) is 16.1. The molecule has 2 N–H and O–H groups in total. The first kappa shape index (κ1) is 20.3. The largest absolute Gasteiger partial charge is 0.343 e. The fourth-order valence-electron chi connectivity index (χ4n) is 3.54. The van der Waals surface area contributed by atoms with Crippen LogP contribution in [0.25, 0.3) is 11.3 Å². The molecule has 2 aromatic carbocycles. The highest BCUT2D eigenvalue weighted by Gasteiger charge is 2.15. The minimum Gasteiger partial charge on any atom is -0.343 e. The number of aryl methyl sites for hydroxylation is 2. The molecule has 0 spiro atoms. The number of nitro groups is 1. The van der Waals surface area contributed by atoms with Crippen molar-refractivity contribution < 1.29 is 14.5 Å². The van der Waals surface area contributed by atoms with Gasteiger partial charge in [-0.25, -0.2) is 4.98 Å². The molecule has 4 rings (SSSR count). The number of hydrogen-bond donors (Lipinski definition) is 2. The van der Waals surface area contributed by atoms with E-state index in [0.717, 1.165) is 42.9 Å². The molecule has 31 heavy (non-hydrogen) atoms. The number of carbonyl (C=O) groups excluding carboxylic acids is 2. The van der Waals surface area contributed by atoms with Gasteiger partial charge in [-0.1, -0.05) is 18.2 Å². The maximum atomic E-state index is 12.3. The van der Waals surface area contributed by atoms with Crippen LogP contribution in [0, 0.1) is 10.1 Å². The normalized spacial score (nSPS) is 12.6. The summed E-state index contributed by atoms with van der Waals surface area (Å²) in [5.74, 6) is 0.121. The van der Waals surface area contributed by atoms with Crippen molar-refractivity contribution in [3.8, 4) is 11.3 Å². The molecule has 0 unspecified atom stereocenters. The van der Waals surface area contributed by atoms with Gasteiger partial charge in [-0.3, -0.25) is 19.7 Å². The summed E-state index contributed by atoms with van der Waals surface area (Å²) < 4.78 is 2.17. The summed E-state index contributed by atoms with van der Waals surface area (Å²) in [6.45, 7) is 0.716. The lowest BCUT2D eigenvalue weighted by atomic mass is 10.1. The van der Waals surface area contributed by atoms with E-state index in [0.29, 0.717) is 5.69 Å². The van der Waals surface area contributed by atoms with E-state index >= 15 is 0 Å². The Morgan fingerprint density at radius 1 is 1.13 bits per heavy atom. The van der Waals surface area contributed by atoms with Crippen molar-refractivity contribution >= 4 is 23.2 Å². The molecule has 1 aliphatic heterocycles. The predicted octanol–water partition coefficient (Wildman–Crippen LogP) is 3.16. The van der Waals surface area contributed by atoms with Crippen molar-refractivity contribution in [2.45, 2.75) is 25.8 Å². The van der Waals surface area contributed by atoms with Crippen molar-refractivity contribution in [3.05, 3.63) is 76.2 Å². The summed E-state index contributed by atoms with van der Waals surface area (Å²) in [5.41, 5.74) is 2.30. The van der Waals surface area contributed by atoms with E-state index in [1.165, 1.54) is 24.3 Å². The number of nitrogens with one attached hydrogen (secondary N) is 2. The number of nitrogens with zero attached hydrogens (tertiary/aromatic N) is 3. The first-order valence-electron chi connectivity index (χ1n) is 9.98. The van der Waals surface area contributed by atoms with Gasteiger partial charge in [0.05, 0.1) is 17.2 Å². The Morgan fingerprint density at radius 2 is 1.97 bits per heavy atom. The van der Waals surface area contributed by atoms with Gasteiger partial charge in [-0.2, -0.15) is 0 Å². The highest BCUT2D eigenvalue weighted by Crippen LogP contribution is 2.24. The fraction of sp³-hybridized carbons (Fsp3) is 0.227. The Balaban J connectivity index is 1.37. The van der Waals surface area contributed by atoms with Gasteiger partial charge >= 0.3 is 0 Å². The molecule has 0 aliphatic carbocycles. The Bertz CT molecular complexity index is 1130. The molecule has 2 heterocycles. The Labute approximate surface area is 178 Å². The Morgan fingerprint density at radius 3 is 2.77 bits per heavy atom. The lowest BCUT2D eigenvalue weighted by Gasteiger charge is -2.11. The Kier molecular flexibility index (Phi) is 5.74. The Hall–Kier alpha value is -4.01. The van der Waals surface area contributed by atoms with Gasteiger partial charge in [0.25, 0.3) is 11.6 Å². The van der Waals surface area contributed by atoms with Gasteiger partial charge < -0.3 is 15.2 Å². The maximum Gasteiger partial charge on any atom is 0.270 e. The quantitative estimate of drug-likeness (QED) is 0.470. The first-order valence-corrected chi connectivity index (χ1v) is 9.98.